The second-order valence-electron chi connectivity index (χ2n) is 7.73. The highest BCUT2D eigenvalue weighted by Crippen LogP contribution is 2.14. The van der Waals surface area contributed by atoms with Crippen LogP contribution in [0.5, 0.6) is 0 Å². The summed E-state index contributed by atoms with van der Waals surface area (Å²) < 4.78 is 16.6. The molecule has 0 aliphatic heterocycles. The van der Waals surface area contributed by atoms with Crippen LogP contribution in [0.25, 0.3) is 0 Å². The molecule has 0 saturated heterocycles. The van der Waals surface area contributed by atoms with Gasteiger partial charge in [0.25, 0.3) is 0 Å². The van der Waals surface area contributed by atoms with Crippen LogP contribution < -0.4 is 0 Å². The van der Waals surface area contributed by atoms with Gasteiger partial charge in [-0.25, -0.2) is 0 Å². The Bertz CT molecular complexity index is 834. The average molecular weight is 441 g/mol. The first-order valence-corrected chi connectivity index (χ1v) is 10.9. The summed E-state index contributed by atoms with van der Waals surface area (Å²) in [5.41, 5.74) is 1.70. The molecule has 172 valence electrons. The Morgan fingerprint density at radius 2 is 1.50 bits per heavy atom. The molecule has 32 heavy (non-hydrogen) atoms. The molecule has 2 rings (SSSR count). The molecule has 0 bridgehead atoms. The van der Waals surface area contributed by atoms with Gasteiger partial charge in [0.2, 0.25) is 0 Å². The van der Waals surface area contributed by atoms with Gasteiger partial charge in [-0.3, -0.25) is 14.4 Å². The summed E-state index contributed by atoms with van der Waals surface area (Å²) in [5.74, 6) is -0.494. The molecule has 0 saturated carbocycles. The third-order valence-corrected chi connectivity index (χ3v) is 5.03. The zero-order valence-corrected chi connectivity index (χ0v) is 18.8. The molecule has 2 aromatic carbocycles. The number of methoxy groups -OCH3 is 1. The lowest BCUT2D eigenvalue weighted by Gasteiger charge is -2.19. The van der Waals surface area contributed by atoms with Crippen molar-refractivity contribution in [1.82, 2.24) is 0 Å². The zero-order valence-electron chi connectivity index (χ0n) is 18.8. The number of ketones is 2. The number of rotatable bonds is 15. The molecular formula is C26H32O6. The molecule has 0 fully saturated rings. The van der Waals surface area contributed by atoms with Gasteiger partial charge in [0.15, 0.2) is 5.78 Å². The van der Waals surface area contributed by atoms with Crippen LogP contribution in [-0.2, 0) is 30.4 Å². The summed E-state index contributed by atoms with van der Waals surface area (Å²) in [6.45, 7) is 2.31. The summed E-state index contributed by atoms with van der Waals surface area (Å²) in [7, 11) is 1.51. The molecule has 2 atom stereocenters. The summed E-state index contributed by atoms with van der Waals surface area (Å²) >= 11 is 0. The van der Waals surface area contributed by atoms with Gasteiger partial charge < -0.3 is 14.2 Å². The van der Waals surface area contributed by atoms with Crippen LogP contribution in [0.15, 0.2) is 60.7 Å². The Balaban J connectivity index is 1.76. The highest BCUT2D eigenvalue weighted by molar-refractivity contribution is 5.96. The fourth-order valence-corrected chi connectivity index (χ4v) is 3.29. The van der Waals surface area contributed by atoms with E-state index >= 15 is 0 Å². The number of ether oxygens (including phenoxy) is 3. The highest BCUT2D eigenvalue weighted by atomic mass is 16.5. The fourth-order valence-electron chi connectivity index (χ4n) is 3.29. The van der Waals surface area contributed by atoms with Crippen LogP contribution in [0, 0.1) is 0 Å². The van der Waals surface area contributed by atoms with E-state index in [1.54, 1.807) is 12.1 Å². The fraction of sp³-hybridized carbons (Fsp3) is 0.423. The Morgan fingerprint density at radius 1 is 0.844 bits per heavy atom. The Labute approximate surface area is 189 Å². The minimum absolute atomic E-state index is 0.00559. The topological polar surface area (TPSA) is 78.9 Å². The number of hydrogen-bond acceptors (Lipinski definition) is 6. The van der Waals surface area contributed by atoms with Crippen molar-refractivity contribution >= 4 is 17.5 Å². The largest absolute Gasteiger partial charge is 0.462 e. The van der Waals surface area contributed by atoms with Gasteiger partial charge in [-0.15, -0.1) is 0 Å². The van der Waals surface area contributed by atoms with E-state index in [4.69, 9.17) is 14.2 Å². The number of benzene rings is 2. The van der Waals surface area contributed by atoms with Gasteiger partial charge >= 0.3 is 5.97 Å². The molecule has 2 aromatic rings. The number of carbonyl (C=O) groups excluding carboxylic acids is 3. The first-order valence-electron chi connectivity index (χ1n) is 10.9. The van der Waals surface area contributed by atoms with Crippen molar-refractivity contribution in [3.63, 3.8) is 0 Å². The standard InChI is InChI=1S/C26H32O6/c1-20(27)17-24(15-16-31-19-21-9-5-3-6-10-21)32-26(29)18-23(30-2)13-14-25(28)22-11-7-4-8-12-22/h3-12,23-24H,13-19H2,1-2H3. The summed E-state index contributed by atoms with van der Waals surface area (Å²) in [6, 6.07) is 18.8. The minimum atomic E-state index is -0.542. The predicted octanol–water partition coefficient (Wildman–Crippen LogP) is 4.55. The van der Waals surface area contributed by atoms with Crippen molar-refractivity contribution < 1.29 is 28.6 Å². The SMILES string of the molecule is COC(CCC(=O)c1ccccc1)CC(=O)OC(CCOCc1ccccc1)CC(C)=O. The maximum absolute atomic E-state index is 12.4. The third kappa shape index (κ3) is 9.98. The monoisotopic (exact) mass is 440 g/mol. The van der Waals surface area contributed by atoms with E-state index in [9.17, 15) is 14.4 Å². The average Bonchev–Trinajstić information content (AvgIpc) is 2.80. The van der Waals surface area contributed by atoms with Gasteiger partial charge in [0, 0.05) is 31.9 Å². The lowest BCUT2D eigenvalue weighted by molar-refractivity contribution is -0.153. The minimum Gasteiger partial charge on any atom is -0.462 e. The highest BCUT2D eigenvalue weighted by Gasteiger charge is 2.21. The quantitative estimate of drug-likeness (QED) is 0.230. The summed E-state index contributed by atoms with van der Waals surface area (Å²) in [5, 5.41) is 0. The van der Waals surface area contributed by atoms with Crippen molar-refractivity contribution in [2.45, 2.75) is 57.8 Å². The van der Waals surface area contributed by atoms with Crippen LogP contribution in [0.2, 0.25) is 0 Å². The Morgan fingerprint density at radius 3 is 2.12 bits per heavy atom. The molecule has 6 heteroatoms. The molecule has 0 aromatic heterocycles. The van der Waals surface area contributed by atoms with E-state index in [0.29, 0.717) is 31.6 Å². The molecule has 0 aliphatic rings. The lowest BCUT2D eigenvalue weighted by Crippen LogP contribution is -2.26. The zero-order chi connectivity index (χ0) is 23.2. The van der Waals surface area contributed by atoms with Crippen LogP contribution in [-0.4, -0.2) is 43.5 Å². The van der Waals surface area contributed by atoms with E-state index in [0.717, 1.165) is 5.56 Å². The molecule has 0 spiro atoms. The Hall–Kier alpha value is -2.83. The molecule has 0 radical (unpaired) electrons. The first kappa shape index (κ1) is 25.4. The maximum Gasteiger partial charge on any atom is 0.308 e. The Kier molecular flexibility index (Phi) is 11.3. The number of esters is 1. The second kappa shape index (κ2) is 14.3. The molecule has 0 heterocycles. The molecule has 0 amide bonds. The molecule has 6 nitrogen and oxygen atoms in total. The van der Waals surface area contributed by atoms with E-state index < -0.39 is 18.2 Å². The number of hydrogen-bond donors (Lipinski definition) is 0. The van der Waals surface area contributed by atoms with Gasteiger partial charge in [-0.2, -0.15) is 0 Å². The van der Waals surface area contributed by atoms with Gasteiger partial charge in [0.05, 0.1) is 25.7 Å². The summed E-state index contributed by atoms with van der Waals surface area (Å²) in [6.07, 6.45) is 0.323. The lowest BCUT2D eigenvalue weighted by atomic mass is 10.0. The van der Waals surface area contributed by atoms with Gasteiger partial charge in [-0.1, -0.05) is 60.7 Å². The molecular weight excluding hydrogens is 408 g/mol. The van der Waals surface area contributed by atoms with E-state index in [1.807, 2.05) is 48.5 Å². The van der Waals surface area contributed by atoms with E-state index in [2.05, 4.69) is 0 Å². The number of Topliss-reactive ketones (excluding diaryl/α,β-unsaturated/α-hetero) is 2. The molecule has 0 aliphatic carbocycles. The van der Waals surface area contributed by atoms with Gasteiger partial charge in [-0.05, 0) is 18.9 Å². The van der Waals surface area contributed by atoms with Crippen molar-refractivity contribution in [2.24, 2.45) is 0 Å². The normalized spacial score (nSPS) is 12.7. The van der Waals surface area contributed by atoms with E-state index in [1.165, 1.54) is 14.0 Å². The smallest absolute Gasteiger partial charge is 0.308 e. The van der Waals surface area contributed by atoms with Crippen molar-refractivity contribution in [3.05, 3.63) is 71.8 Å². The predicted molar refractivity (Wildman–Crippen MR) is 121 cm³/mol. The summed E-state index contributed by atoms with van der Waals surface area (Å²) in [4.78, 5) is 36.3. The van der Waals surface area contributed by atoms with E-state index in [-0.39, 0.29) is 30.8 Å². The molecule has 0 N–H and O–H groups in total. The van der Waals surface area contributed by atoms with Crippen LogP contribution >= 0.6 is 0 Å². The van der Waals surface area contributed by atoms with Crippen LogP contribution in [0.1, 0.15) is 54.9 Å². The molecule has 2 unspecified atom stereocenters. The van der Waals surface area contributed by atoms with Crippen molar-refractivity contribution in [2.75, 3.05) is 13.7 Å². The van der Waals surface area contributed by atoms with Gasteiger partial charge in [0.1, 0.15) is 11.9 Å². The first-order chi connectivity index (χ1) is 15.5. The van der Waals surface area contributed by atoms with Crippen LogP contribution in [0.4, 0.5) is 0 Å². The van der Waals surface area contributed by atoms with Crippen LogP contribution in [0.3, 0.4) is 0 Å². The maximum atomic E-state index is 12.4. The third-order valence-electron chi connectivity index (χ3n) is 5.03. The van der Waals surface area contributed by atoms with Crippen molar-refractivity contribution in [1.29, 1.82) is 0 Å². The number of carbonyl (C=O) groups is 3. The second-order valence-corrected chi connectivity index (χ2v) is 7.73. The van der Waals surface area contributed by atoms with Crippen molar-refractivity contribution in [3.8, 4) is 0 Å².